The van der Waals surface area contributed by atoms with E-state index in [0.29, 0.717) is 25.6 Å². The zero-order chi connectivity index (χ0) is 16.5. The number of fused-ring (bicyclic) bond motifs is 1. The number of amides is 1. The average molecular weight is 338 g/mol. The molecule has 0 aromatic carbocycles. The van der Waals surface area contributed by atoms with E-state index >= 15 is 0 Å². The van der Waals surface area contributed by atoms with E-state index in [9.17, 15) is 13.2 Å². The van der Waals surface area contributed by atoms with Gasteiger partial charge in [-0.25, -0.2) is 8.42 Å². The standard InChI is InChI=1S/C16H22N2O4S/c1-23(20,21)10-15(19)18-9-13-4-2-6-16(13,11-18)12-22-14-5-3-7-17-8-14/h3,5,7-8,13H,2,4,6,9-12H2,1H3/t13-,16-/m1/s1. The Morgan fingerprint density at radius 1 is 1.52 bits per heavy atom. The van der Waals surface area contributed by atoms with Gasteiger partial charge in [0.1, 0.15) is 11.5 Å². The highest BCUT2D eigenvalue weighted by molar-refractivity contribution is 7.91. The van der Waals surface area contributed by atoms with Crippen molar-refractivity contribution in [3.05, 3.63) is 24.5 Å². The Kier molecular flexibility index (Phi) is 4.31. The number of nitrogens with zero attached hydrogens (tertiary/aromatic N) is 2. The van der Waals surface area contributed by atoms with Gasteiger partial charge in [0.25, 0.3) is 0 Å². The SMILES string of the molecule is CS(=O)(=O)CC(=O)N1C[C@H]2CCC[C@]2(COc2cccnc2)C1. The highest BCUT2D eigenvalue weighted by Gasteiger charge is 2.51. The monoisotopic (exact) mass is 338 g/mol. The van der Waals surface area contributed by atoms with Gasteiger partial charge in [0.2, 0.25) is 5.91 Å². The Labute approximate surface area is 136 Å². The Morgan fingerprint density at radius 3 is 3.04 bits per heavy atom. The maximum atomic E-state index is 12.2. The first kappa shape index (κ1) is 16.2. The van der Waals surface area contributed by atoms with Crippen LogP contribution in [0.5, 0.6) is 5.75 Å². The number of ether oxygens (including phenoxy) is 1. The third-order valence-electron chi connectivity index (χ3n) is 4.94. The molecule has 0 radical (unpaired) electrons. The fourth-order valence-corrected chi connectivity index (χ4v) is 4.45. The Morgan fingerprint density at radius 2 is 2.35 bits per heavy atom. The first-order chi connectivity index (χ1) is 10.9. The van der Waals surface area contributed by atoms with Crippen molar-refractivity contribution in [3.63, 3.8) is 0 Å². The zero-order valence-corrected chi connectivity index (χ0v) is 14.1. The molecule has 1 amide bonds. The van der Waals surface area contributed by atoms with Crippen molar-refractivity contribution in [2.45, 2.75) is 19.3 Å². The highest BCUT2D eigenvalue weighted by Crippen LogP contribution is 2.48. The van der Waals surface area contributed by atoms with E-state index in [4.69, 9.17) is 4.74 Å². The largest absolute Gasteiger partial charge is 0.491 e. The molecule has 2 heterocycles. The van der Waals surface area contributed by atoms with E-state index in [1.54, 1.807) is 17.3 Å². The third-order valence-corrected chi connectivity index (χ3v) is 5.71. The van der Waals surface area contributed by atoms with Crippen LogP contribution in [0.15, 0.2) is 24.5 Å². The zero-order valence-electron chi connectivity index (χ0n) is 13.3. The number of rotatable bonds is 5. The fraction of sp³-hybridized carbons (Fsp3) is 0.625. The summed E-state index contributed by atoms with van der Waals surface area (Å²) < 4.78 is 28.6. The third kappa shape index (κ3) is 3.65. The number of sulfone groups is 1. The van der Waals surface area contributed by atoms with Gasteiger partial charge in [0.15, 0.2) is 9.84 Å². The summed E-state index contributed by atoms with van der Waals surface area (Å²) in [6.45, 7) is 1.78. The van der Waals surface area contributed by atoms with Crippen LogP contribution in [0.3, 0.4) is 0 Å². The number of hydrogen-bond acceptors (Lipinski definition) is 5. The molecule has 1 aliphatic carbocycles. The van der Waals surface area contributed by atoms with E-state index in [1.807, 2.05) is 12.1 Å². The summed E-state index contributed by atoms with van der Waals surface area (Å²) in [5.41, 5.74) is -0.0526. The fourth-order valence-electron chi connectivity index (χ4n) is 3.82. The number of carbonyl (C=O) groups excluding carboxylic acids is 1. The van der Waals surface area contributed by atoms with Crippen LogP contribution in [0.2, 0.25) is 0 Å². The van der Waals surface area contributed by atoms with Crippen LogP contribution in [0.4, 0.5) is 0 Å². The predicted molar refractivity (Wildman–Crippen MR) is 85.8 cm³/mol. The molecule has 0 unspecified atom stereocenters. The molecule has 0 N–H and O–H groups in total. The quantitative estimate of drug-likeness (QED) is 0.804. The lowest BCUT2D eigenvalue weighted by Crippen LogP contribution is -2.37. The second-order valence-electron chi connectivity index (χ2n) is 6.77. The van der Waals surface area contributed by atoms with E-state index < -0.39 is 15.6 Å². The molecule has 0 bridgehead atoms. The van der Waals surface area contributed by atoms with E-state index in [0.717, 1.165) is 31.3 Å². The normalized spacial score (nSPS) is 27.0. The van der Waals surface area contributed by atoms with Crippen molar-refractivity contribution in [1.29, 1.82) is 0 Å². The Hall–Kier alpha value is -1.63. The van der Waals surface area contributed by atoms with Crippen molar-refractivity contribution >= 4 is 15.7 Å². The van der Waals surface area contributed by atoms with Gasteiger partial charge in [-0.2, -0.15) is 0 Å². The number of hydrogen-bond donors (Lipinski definition) is 0. The van der Waals surface area contributed by atoms with Crippen LogP contribution in [-0.2, 0) is 14.6 Å². The van der Waals surface area contributed by atoms with E-state index in [2.05, 4.69) is 4.98 Å². The Bertz CT molecular complexity index is 677. The Balaban J connectivity index is 1.67. The summed E-state index contributed by atoms with van der Waals surface area (Å²) in [6.07, 6.45) is 7.70. The molecular formula is C16H22N2O4S. The summed E-state index contributed by atoms with van der Waals surface area (Å²) in [5, 5.41) is 0. The molecule has 7 heteroatoms. The number of likely N-dealkylation sites (tertiary alicyclic amines) is 1. The summed E-state index contributed by atoms with van der Waals surface area (Å²) >= 11 is 0. The van der Waals surface area contributed by atoms with Gasteiger partial charge in [0, 0.05) is 31.0 Å². The summed E-state index contributed by atoms with van der Waals surface area (Å²) in [6, 6.07) is 3.70. The second kappa shape index (κ2) is 6.11. The molecule has 3 rings (SSSR count). The number of aromatic nitrogens is 1. The molecule has 2 aliphatic rings. The van der Waals surface area contributed by atoms with E-state index in [-0.39, 0.29) is 11.3 Å². The van der Waals surface area contributed by atoms with Gasteiger partial charge in [-0.1, -0.05) is 6.42 Å². The first-order valence-electron chi connectivity index (χ1n) is 7.86. The smallest absolute Gasteiger partial charge is 0.237 e. The molecule has 0 spiro atoms. The molecule has 6 nitrogen and oxygen atoms in total. The molecule has 1 saturated carbocycles. The minimum Gasteiger partial charge on any atom is -0.491 e. The molecular weight excluding hydrogens is 316 g/mol. The van der Waals surface area contributed by atoms with Gasteiger partial charge in [-0.3, -0.25) is 9.78 Å². The van der Waals surface area contributed by atoms with Crippen LogP contribution in [0, 0.1) is 11.3 Å². The van der Waals surface area contributed by atoms with Gasteiger partial charge in [-0.05, 0) is 30.9 Å². The van der Waals surface area contributed by atoms with Crippen LogP contribution in [0.1, 0.15) is 19.3 Å². The molecule has 126 valence electrons. The maximum absolute atomic E-state index is 12.2. The predicted octanol–water partition coefficient (Wildman–Crippen LogP) is 1.13. The van der Waals surface area contributed by atoms with Crippen molar-refractivity contribution in [2.24, 2.45) is 11.3 Å². The van der Waals surface area contributed by atoms with Crippen molar-refractivity contribution in [1.82, 2.24) is 9.88 Å². The second-order valence-corrected chi connectivity index (χ2v) is 8.91. The van der Waals surface area contributed by atoms with E-state index in [1.165, 1.54) is 0 Å². The summed E-state index contributed by atoms with van der Waals surface area (Å²) in [7, 11) is -3.29. The van der Waals surface area contributed by atoms with Gasteiger partial charge in [0.05, 0.1) is 12.8 Å². The molecule has 2 fully saturated rings. The van der Waals surface area contributed by atoms with Crippen molar-refractivity contribution in [2.75, 3.05) is 31.7 Å². The van der Waals surface area contributed by atoms with Crippen LogP contribution < -0.4 is 4.74 Å². The minimum atomic E-state index is -3.29. The highest BCUT2D eigenvalue weighted by atomic mass is 32.2. The summed E-state index contributed by atoms with van der Waals surface area (Å²) in [5.74, 6) is 0.429. The van der Waals surface area contributed by atoms with Crippen LogP contribution in [0.25, 0.3) is 0 Å². The minimum absolute atomic E-state index is 0.0526. The lowest BCUT2D eigenvalue weighted by atomic mass is 9.81. The molecule has 1 aromatic rings. The van der Waals surface area contributed by atoms with Gasteiger partial charge < -0.3 is 9.64 Å². The number of carbonyl (C=O) groups is 1. The van der Waals surface area contributed by atoms with Gasteiger partial charge in [-0.15, -0.1) is 0 Å². The van der Waals surface area contributed by atoms with Crippen molar-refractivity contribution in [3.8, 4) is 5.75 Å². The van der Waals surface area contributed by atoms with Crippen LogP contribution in [-0.4, -0.2) is 55.9 Å². The van der Waals surface area contributed by atoms with Crippen molar-refractivity contribution < 1.29 is 17.9 Å². The molecule has 1 aromatic heterocycles. The number of pyridine rings is 1. The maximum Gasteiger partial charge on any atom is 0.237 e. The molecule has 23 heavy (non-hydrogen) atoms. The lowest BCUT2D eigenvalue weighted by Gasteiger charge is -2.28. The molecule has 1 saturated heterocycles. The van der Waals surface area contributed by atoms with Gasteiger partial charge >= 0.3 is 0 Å². The first-order valence-corrected chi connectivity index (χ1v) is 9.92. The molecule has 1 aliphatic heterocycles. The lowest BCUT2D eigenvalue weighted by molar-refractivity contribution is -0.128. The van der Waals surface area contributed by atoms with Crippen LogP contribution >= 0.6 is 0 Å². The average Bonchev–Trinajstić information content (AvgIpc) is 3.01. The topological polar surface area (TPSA) is 76.6 Å². The summed E-state index contributed by atoms with van der Waals surface area (Å²) in [4.78, 5) is 18.0. The molecule has 2 atom stereocenters.